The fourth-order valence-corrected chi connectivity index (χ4v) is 11.7. The SMILES string of the molecule is CC/C=C\C/C=C\C/C=C\C/C=C\C/C=C\C/C=C\C/C=C\CCCCCCCCCCCC(=O)NC(COC1OC(CO)C(OC2OC(CO)C(OC3OC(CO)C(O)C(O)C3O)C(O)C2O)C(O)C1O)C(O)/C=C/CC/C=C/CCCCCCCCCCCCCCC. The van der Waals surface area contributed by atoms with Gasteiger partial charge in [-0.1, -0.05) is 245 Å². The molecule has 3 aliphatic rings. The number of hydrogen-bond donors (Lipinski definition) is 12. The number of hydrogen-bond acceptors (Lipinski definition) is 18. The highest BCUT2D eigenvalue weighted by molar-refractivity contribution is 5.76. The zero-order valence-electron chi connectivity index (χ0n) is 57.9. The van der Waals surface area contributed by atoms with Gasteiger partial charge >= 0.3 is 0 Å². The van der Waals surface area contributed by atoms with Gasteiger partial charge in [0.05, 0.1) is 38.6 Å². The van der Waals surface area contributed by atoms with E-state index in [-0.39, 0.29) is 18.9 Å². The van der Waals surface area contributed by atoms with Crippen LogP contribution in [0.15, 0.2) is 109 Å². The number of aliphatic hydroxyl groups is 11. The Kier molecular flexibility index (Phi) is 50.7. The summed E-state index contributed by atoms with van der Waals surface area (Å²) in [6.07, 6.45) is 49.1. The highest BCUT2D eigenvalue weighted by atomic mass is 16.8. The molecule has 0 saturated carbocycles. The van der Waals surface area contributed by atoms with Crippen molar-refractivity contribution in [1.82, 2.24) is 5.32 Å². The summed E-state index contributed by atoms with van der Waals surface area (Å²) in [6.45, 7) is 1.59. The van der Waals surface area contributed by atoms with Crippen molar-refractivity contribution in [3.63, 3.8) is 0 Å². The third-order valence-corrected chi connectivity index (χ3v) is 17.6. The van der Waals surface area contributed by atoms with Crippen LogP contribution >= 0.6 is 0 Å². The molecule has 3 heterocycles. The van der Waals surface area contributed by atoms with Gasteiger partial charge in [-0.15, -0.1) is 0 Å². The number of carbonyl (C=O) groups is 1. The average molecular weight is 1340 g/mol. The Morgan fingerprint density at radius 3 is 1.18 bits per heavy atom. The maximum atomic E-state index is 13.4. The van der Waals surface area contributed by atoms with E-state index in [1.54, 1.807) is 6.08 Å². The van der Waals surface area contributed by atoms with Gasteiger partial charge < -0.3 is 89.9 Å². The Morgan fingerprint density at radius 2 is 0.737 bits per heavy atom. The second kappa shape index (κ2) is 56.2. The average Bonchev–Trinajstić information content (AvgIpc) is 0.787. The summed E-state index contributed by atoms with van der Waals surface area (Å²) < 4.78 is 34.4. The minimum atomic E-state index is -1.99. The van der Waals surface area contributed by atoms with Crippen LogP contribution in [-0.4, -0.2) is 193 Å². The molecular weight excluding hydrogens is 1210 g/mol. The van der Waals surface area contributed by atoms with Crippen LogP contribution in [-0.2, 0) is 33.2 Å². The molecule has 0 aliphatic carbocycles. The van der Waals surface area contributed by atoms with Gasteiger partial charge in [-0.3, -0.25) is 4.79 Å². The second-order valence-corrected chi connectivity index (χ2v) is 25.7. The van der Waals surface area contributed by atoms with E-state index in [9.17, 15) is 61.0 Å². The minimum Gasteiger partial charge on any atom is -0.394 e. The molecule has 3 aliphatic heterocycles. The van der Waals surface area contributed by atoms with Crippen molar-refractivity contribution < 1.29 is 89.4 Å². The predicted octanol–water partition coefficient (Wildman–Crippen LogP) is 10.6. The number of unbranched alkanes of at least 4 members (excludes halogenated alkanes) is 23. The molecule has 0 bridgehead atoms. The first kappa shape index (κ1) is 85.7. The van der Waals surface area contributed by atoms with E-state index in [0.717, 1.165) is 96.3 Å². The largest absolute Gasteiger partial charge is 0.394 e. The second-order valence-electron chi connectivity index (χ2n) is 25.7. The van der Waals surface area contributed by atoms with Crippen molar-refractivity contribution in [2.24, 2.45) is 0 Å². The van der Waals surface area contributed by atoms with Gasteiger partial charge in [0.1, 0.15) is 73.2 Å². The van der Waals surface area contributed by atoms with Crippen molar-refractivity contribution in [3.8, 4) is 0 Å². The molecule has 19 nitrogen and oxygen atoms in total. The number of carbonyl (C=O) groups excluding carboxylic acids is 1. The fourth-order valence-electron chi connectivity index (χ4n) is 11.7. The molecule has 17 atom stereocenters. The molecule has 3 rings (SSSR count). The van der Waals surface area contributed by atoms with E-state index in [0.29, 0.717) is 12.8 Å². The van der Waals surface area contributed by atoms with Crippen molar-refractivity contribution in [2.75, 3.05) is 26.4 Å². The Balaban J connectivity index is 1.42. The lowest BCUT2D eigenvalue weighted by atomic mass is 9.96. The number of ether oxygens (including phenoxy) is 6. The van der Waals surface area contributed by atoms with Crippen LogP contribution in [0.3, 0.4) is 0 Å². The third-order valence-electron chi connectivity index (χ3n) is 17.6. The first-order valence-corrected chi connectivity index (χ1v) is 36.6. The summed E-state index contributed by atoms with van der Waals surface area (Å²) in [4.78, 5) is 13.4. The van der Waals surface area contributed by atoms with Gasteiger partial charge in [-0.2, -0.15) is 0 Å². The molecule has 0 aromatic heterocycles. The lowest BCUT2D eigenvalue weighted by molar-refractivity contribution is -0.379. The Hall–Kier alpha value is -3.55. The zero-order valence-corrected chi connectivity index (χ0v) is 57.9. The smallest absolute Gasteiger partial charge is 0.220 e. The standard InChI is InChI=1S/C76H129NO18/c1-3-5-7-9-11-13-15-17-19-21-23-24-25-26-27-28-29-30-31-32-33-34-36-38-40-42-44-46-48-50-52-54-64(82)77-59(60(81)53-51-49-47-45-43-41-39-37-35-22-20-18-16-14-12-10-8-6-4-2)58-90-74-70(88)67(85)72(62(56-79)92-74)95-76-71(89)68(86)73(63(57-80)93-76)94-75-69(87)66(84)65(83)61(55-78)91-75/h5,7,11,13,17,19,23-24,26-27,29-30,32-33,43,45,51,53,59-63,65-76,78-81,83-89H,3-4,6,8-10,12,14-16,18,20-22,25,28,31,34-42,44,46-50,52,54-58H2,1-2H3,(H,77,82)/b7-5-,13-11-,19-17-,24-23-,27-26-,30-29-,33-32-,45-43+,53-51+. The van der Waals surface area contributed by atoms with E-state index in [4.69, 9.17) is 28.4 Å². The van der Waals surface area contributed by atoms with Crippen LogP contribution in [0, 0.1) is 0 Å². The van der Waals surface area contributed by atoms with Crippen LogP contribution in [0.1, 0.15) is 232 Å². The number of nitrogens with one attached hydrogen (secondary N) is 1. The summed E-state index contributed by atoms with van der Waals surface area (Å²) >= 11 is 0. The predicted molar refractivity (Wildman–Crippen MR) is 374 cm³/mol. The van der Waals surface area contributed by atoms with Crippen LogP contribution in [0.25, 0.3) is 0 Å². The molecule has 0 aromatic carbocycles. The molecule has 0 radical (unpaired) electrons. The molecule has 17 unspecified atom stereocenters. The van der Waals surface area contributed by atoms with Gasteiger partial charge in [0, 0.05) is 6.42 Å². The van der Waals surface area contributed by atoms with Crippen LogP contribution in [0.2, 0.25) is 0 Å². The lowest BCUT2D eigenvalue weighted by Gasteiger charge is -2.48. The summed E-state index contributed by atoms with van der Waals surface area (Å²) in [5, 5.41) is 121. The van der Waals surface area contributed by atoms with Crippen molar-refractivity contribution >= 4 is 5.91 Å². The highest BCUT2D eigenvalue weighted by Gasteiger charge is 2.53. The van der Waals surface area contributed by atoms with Crippen LogP contribution < -0.4 is 5.32 Å². The first-order valence-electron chi connectivity index (χ1n) is 36.6. The number of aliphatic hydroxyl groups excluding tert-OH is 11. The molecule has 1 amide bonds. The molecule has 19 heteroatoms. The summed E-state index contributed by atoms with van der Waals surface area (Å²) in [6, 6.07) is -1.00. The van der Waals surface area contributed by atoms with E-state index in [1.165, 1.54) is 103 Å². The van der Waals surface area contributed by atoms with Gasteiger partial charge in [0.2, 0.25) is 5.91 Å². The lowest BCUT2D eigenvalue weighted by Crippen LogP contribution is -2.66. The molecule has 12 N–H and O–H groups in total. The quantitative estimate of drug-likeness (QED) is 0.0199. The topological polar surface area (TPSA) is 307 Å². The Morgan fingerprint density at radius 1 is 0.389 bits per heavy atom. The molecule has 546 valence electrons. The van der Waals surface area contributed by atoms with Crippen LogP contribution in [0.4, 0.5) is 0 Å². The van der Waals surface area contributed by atoms with E-state index in [1.807, 2.05) is 6.08 Å². The van der Waals surface area contributed by atoms with E-state index < -0.39 is 124 Å². The van der Waals surface area contributed by atoms with E-state index in [2.05, 4.69) is 116 Å². The van der Waals surface area contributed by atoms with Crippen molar-refractivity contribution in [3.05, 3.63) is 109 Å². The molecule has 95 heavy (non-hydrogen) atoms. The van der Waals surface area contributed by atoms with Gasteiger partial charge in [-0.25, -0.2) is 0 Å². The fraction of sp³-hybridized carbons (Fsp3) is 0.750. The maximum Gasteiger partial charge on any atom is 0.220 e. The number of amides is 1. The van der Waals surface area contributed by atoms with Gasteiger partial charge in [0.15, 0.2) is 18.9 Å². The summed E-state index contributed by atoms with van der Waals surface area (Å²) in [5.41, 5.74) is 0. The van der Waals surface area contributed by atoms with Crippen molar-refractivity contribution in [1.29, 1.82) is 0 Å². The van der Waals surface area contributed by atoms with Crippen molar-refractivity contribution in [2.45, 2.75) is 336 Å². The first-order chi connectivity index (χ1) is 46.3. The van der Waals surface area contributed by atoms with E-state index >= 15 is 0 Å². The number of rotatable bonds is 55. The summed E-state index contributed by atoms with van der Waals surface area (Å²) in [5.74, 6) is -0.296. The normalized spacial score (nSPS) is 27.9. The minimum absolute atomic E-state index is 0.221. The molecule has 0 aromatic rings. The molecule has 3 fully saturated rings. The van der Waals surface area contributed by atoms with Gasteiger partial charge in [0.25, 0.3) is 0 Å². The number of allylic oxidation sites excluding steroid dienone is 17. The maximum absolute atomic E-state index is 13.4. The third kappa shape index (κ3) is 37.5. The Bertz CT molecular complexity index is 2140. The Labute approximate surface area is 570 Å². The van der Waals surface area contributed by atoms with Gasteiger partial charge in [-0.05, 0) is 89.9 Å². The van der Waals surface area contributed by atoms with Crippen LogP contribution in [0.5, 0.6) is 0 Å². The molecule has 3 saturated heterocycles. The zero-order chi connectivity index (χ0) is 68.9. The molecule has 0 spiro atoms. The monoisotopic (exact) mass is 1340 g/mol. The molecular formula is C76H129NO18. The highest BCUT2D eigenvalue weighted by Crippen LogP contribution is 2.33. The summed E-state index contributed by atoms with van der Waals surface area (Å²) in [7, 11) is 0.